The first-order valence-corrected chi connectivity index (χ1v) is 11.9. The Kier molecular flexibility index (Phi) is 6.30. The van der Waals surface area contributed by atoms with Crippen molar-refractivity contribution in [3.63, 3.8) is 0 Å². The van der Waals surface area contributed by atoms with Crippen molar-refractivity contribution in [2.75, 3.05) is 30.0 Å². The van der Waals surface area contributed by atoms with Crippen LogP contribution in [0.4, 0.5) is 17.3 Å². The summed E-state index contributed by atoms with van der Waals surface area (Å²) < 4.78 is 13.3. The zero-order valence-corrected chi connectivity index (χ0v) is 20.3. The molecule has 1 fully saturated rings. The molecular formula is C26H28ClN5O2. The van der Waals surface area contributed by atoms with E-state index in [1.54, 1.807) is 0 Å². The molecule has 1 atom stereocenters. The molecule has 0 saturated carbocycles. The minimum absolute atomic E-state index is 0.139. The van der Waals surface area contributed by atoms with Gasteiger partial charge in [0.1, 0.15) is 16.9 Å². The van der Waals surface area contributed by atoms with Gasteiger partial charge in [-0.2, -0.15) is 4.98 Å². The number of benzene rings is 2. The first kappa shape index (κ1) is 22.5. The number of hydrogen-bond donors (Lipinski definition) is 1. The van der Waals surface area contributed by atoms with Crippen LogP contribution in [-0.4, -0.2) is 45.9 Å². The van der Waals surface area contributed by atoms with Crippen molar-refractivity contribution in [2.45, 2.75) is 32.4 Å². The van der Waals surface area contributed by atoms with E-state index >= 15 is 0 Å². The molecule has 1 N–H and O–H groups in total. The molecule has 5 rings (SSSR count). The van der Waals surface area contributed by atoms with Crippen LogP contribution in [-0.2, 0) is 4.74 Å². The van der Waals surface area contributed by atoms with Gasteiger partial charge in [0.05, 0.1) is 25.0 Å². The van der Waals surface area contributed by atoms with Gasteiger partial charge in [-0.3, -0.25) is 0 Å². The average Bonchev–Trinajstić information content (AvgIpc) is 3.23. The molecule has 2 aromatic heterocycles. The summed E-state index contributed by atoms with van der Waals surface area (Å²) in [4.78, 5) is 11.5. The predicted molar refractivity (Wildman–Crippen MR) is 137 cm³/mol. The summed E-state index contributed by atoms with van der Waals surface area (Å²) in [6.45, 7) is 8.13. The van der Waals surface area contributed by atoms with Crippen molar-refractivity contribution in [3.8, 4) is 11.4 Å². The minimum atomic E-state index is -0.154. The average molecular weight is 478 g/mol. The van der Waals surface area contributed by atoms with Gasteiger partial charge in [0, 0.05) is 35.7 Å². The molecule has 0 amide bonds. The predicted octanol–water partition coefficient (Wildman–Crippen LogP) is 5.66. The molecule has 4 aromatic rings. The summed E-state index contributed by atoms with van der Waals surface area (Å²) in [5.74, 6) is 1.37. The van der Waals surface area contributed by atoms with E-state index in [4.69, 9.17) is 26.1 Å². The number of nitrogens with zero attached hydrogens (tertiary/aromatic N) is 4. The largest absolute Gasteiger partial charge is 0.491 e. The molecule has 1 unspecified atom stereocenters. The Balaban J connectivity index is 1.41. The Morgan fingerprint density at radius 1 is 1.15 bits per heavy atom. The number of morpholine rings is 1. The number of rotatable bonds is 6. The first-order valence-electron chi connectivity index (χ1n) is 11.5. The van der Waals surface area contributed by atoms with E-state index in [9.17, 15) is 0 Å². The summed E-state index contributed by atoms with van der Waals surface area (Å²) in [6, 6.07) is 16.2. The van der Waals surface area contributed by atoms with Crippen LogP contribution in [0.3, 0.4) is 0 Å². The van der Waals surface area contributed by atoms with Gasteiger partial charge in [-0.15, -0.1) is 0 Å². The summed E-state index contributed by atoms with van der Waals surface area (Å²) in [6.07, 6.45) is 4.01. The van der Waals surface area contributed by atoms with Crippen LogP contribution < -0.4 is 15.0 Å². The van der Waals surface area contributed by atoms with Gasteiger partial charge in [-0.25, -0.2) is 4.98 Å². The van der Waals surface area contributed by atoms with Gasteiger partial charge in [-0.05, 0) is 74.9 Å². The van der Waals surface area contributed by atoms with Crippen molar-refractivity contribution < 1.29 is 9.47 Å². The smallest absolute Gasteiger partial charge is 0.229 e. The molecule has 3 heterocycles. The summed E-state index contributed by atoms with van der Waals surface area (Å²) >= 11 is 6.47. The van der Waals surface area contributed by atoms with Crippen LogP contribution in [0.2, 0.25) is 0 Å². The Morgan fingerprint density at radius 2 is 1.97 bits per heavy atom. The van der Waals surface area contributed by atoms with Crippen molar-refractivity contribution in [1.82, 2.24) is 14.5 Å². The number of ether oxygens (including phenoxy) is 2. The van der Waals surface area contributed by atoms with E-state index in [-0.39, 0.29) is 11.6 Å². The minimum Gasteiger partial charge on any atom is -0.491 e. The number of anilines is 3. The van der Waals surface area contributed by atoms with Crippen molar-refractivity contribution in [1.29, 1.82) is 0 Å². The highest BCUT2D eigenvalue weighted by Crippen LogP contribution is 2.28. The fraction of sp³-hybridized carbons (Fsp3) is 0.308. The van der Waals surface area contributed by atoms with Crippen LogP contribution in [0.15, 0.2) is 60.9 Å². The van der Waals surface area contributed by atoms with Gasteiger partial charge in [-0.1, -0.05) is 11.6 Å². The molecule has 0 radical (unpaired) electrons. The van der Waals surface area contributed by atoms with E-state index in [1.807, 2.05) is 56.6 Å². The zero-order valence-electron chi connectivity index (χ0n) is 19.5. The van der Waals surface area contributed by atoms with Crippen LogP contribution in [0.25, 0.3) is 16.7 Å². The van der Waals surface area contributed by atoms with E-state index in [2.05, 4.69) is 44.9 Å². The lowest BCUT2D eigenvalue weighted by Crippen LogP contribution is -2.42. The summed E-state index contributed by atoms with van der Waals surface area (Å²) in [5, 5.41) is 4.27. The standard InChI is InChI=1S/C26H28ClN5O2/c1-17(2)34-22-7-4-20(5-8-22)29-26-28-15-19-10-11-32(25(19)30-26)23-9-6-21(14-18(23)3)31-12-13-33-16-24(31)27/h4-11,14-15,17,24H,12-13,16H2,1-3H3,(H,28,29,30). The monoisotopic (exact) mass is 477 g/mol. The molecule has 1 aliphatic heterocycles. The van der Waals surface area contributed by atoms with Crippen LogP contribution in [0, 0.1) is 6.92 Å². The number of halogens is 1. The molecule has 7 nitrogen and oxygen atoms in total. The molecule has 1 aliphatic rings. The van der Waals surface area contributed by atoms with E-state index in [1.165, 1.54) is 0 Å². The highest BCUT2D eigenvalue weighted by molar-refractivity contribution is 6.22. The lowest BCUT2D eigenvalue weighted by atomic mass is 10.1. The maximum absolute atomic E-state index is 6.47. The number of aryl methyl sites for hydroxylation is 1. The maximum atomic E-state index is 6.47. The molecule has 2 aromatic carbocycles. The van der Waals surface area contributed by atoms with Gasteiger partial charge in [0.2, 0.25) is 5.95 Å². The lowest BCUT2D eigenvalue weighted by molar-refractivity contribution is 0.113. The highest BCUT2D eigenvalue weighted by atomic mass is 35.5. The maximum Gasteiger partial charge on any atom is 0.229 e. The molecule has 0 aliphatic carbocycles. The van der Waals surface area contributed by atoms with Crippen LogP contribution in [0.1, 0.15) is 19.4 Å². The first-order chi connectivity index (χ1) is 16.5. The number of fused-ring (bicyclic) bond motifs is 1. The van der Waals surface area contributed by atoms with Crippen molar-refractivity contribution >= 4 is 40.0 Å². The molecule has 176 valence electrons. The number of alkyl halides is 1. The molecule has 8 heteroatoms. The second-order valence-corrected chi connectivity index (χ2v) is 9.15. The molecule has 0 spiro atoms. The second-order valence-electron chi connectivity index (χ2n) is 8.65. The SMILES string of the molecule is Cc1cc(N2CCOCC2Cl)ccc1-n1ccc2cnc(Nc3ccc(OC(C)C)cc3)nc21. The van der Waals surface area contributed by atoms with E-state index < -0.39 is 0 Å². The van der Waals surface area contributed by atoms with Gasteiger partial charge < -0.3 is 24.3 Å². The van der Waals surface area contributed by atoms with Crippen molar-refractivity contribution in [2.24, 2.45) is 0 Å². The van der Waals surface area contributed by atoms with E-state index in [0.29, 0.717) is 19.2 Å². The Morgan fingerprint density at radius 3 is 2.71 bits per heavy atom. The fourth-order valence-electron chi connectivity index (χ4n) is 4.14. The van der Waals surface area contributed by atoms with Gasteiger partial charge in [0.15, 0.2) is 0 Å². The normalized spacial score (nSPS) is 16.3. The third kappa shape index (κ3) is 4.67. The lowest BCUT2D eigenvalue weighted by Gasteiger charge is -2.34. The molecule has 0 bridgehead atoms. The fourth-order valence-corrected chi connectivity index (χ4v) is 4.44. The highest BCUT2D eigenvalue weighted by Gasteiger charge is 2.21. The third-order valence-corrected chi connectivity index (χ3v) is 6.11. The van der Waals surface area contributed by atoms with Crippen LogP contribution >= 0.6 is 11.6 Å². The second kappa shape index (κ2) is 9.52. The molecule has 34 heavy (non-hydrogen) atoms. The third-order valence-electron chi connectivity index (χ3n) is 5.75. The van der Waals surface area contributed by atoms with Crippen LogP contribution in [0.5, 0.6) is 5.75 Å². The topological polar surface area (TPSA) is 64.4 Å². The van der Waals surface area contributed by atoms with Crippen molar-refractivity contribution in [3.05, 3.63) is 66.5 Å². The quantitative estimate of drug-likeness (QED) is 0.285. The Bertz CT molecular complexity index is 1290. The van der Waals surface area contributed by atoms with Gasteiger partial charge in [0.25, 0.3) is 0 Å². The summed E-state index contributed by atoms with van der Waals surface area (Å²) in [5.41, 5.74) is 4.89. The molecular weight excluding hydrogens is 450 g/mol. The molecule has 1 saturated heterocycles. The Labute approximate surface area is 204 Å². The zero-order chi connectivity index (χ0) is 23.7. The number of aromatic nitrogens is 3. The van der Waals surface area contributed by atoms with Gasteiger partial charge >= 0.3 is 0 Å². The number of hydrogen-bond acceptors (Lipinski definition) is 6. The Hall–Kier alpha value is -3.29. The summed E-state index contributed by atoms with van der Waals surface area (Å²) in [7, 11) is 0. The van der Waals surface area contributed by atoms with E-state index in [0.717, 1.165) is 46.0 Å². The number of nitrogens with one attached hydrogen (secondary N) is 1.